The van der Waals surface area contributed by atoms with Crippen LogP contribution in [0, 0.1) is 11.8 Å². The molecule has 2 saturated heterocycles. The Hall–Kier alpha value is -1.78. The number of esters is 1. The summed E-state index contributed by atoms with van der Waals surface area (Å²) in [6.45, 7) is 7.09. The van der Waals surface area contributed by atoms with E-state index >= 15 is 0 Å². The largest absolute Gasteiger partial charge is 0.489 e. The van der Waals surface area contributed by atoms with E-state index in [1.54, 1.807) is 0 Å². The van der Waals surface area contributed by atoms with Crippen LogP contribution in [0.25, 0.3) is 10.8 Å². The lowest BCUT2D eigenvalue weighted by molar-refractivity contribution is -0.155. The molecule has 3 fully saturated rings. The molecule has 2 bridgehead atoms. The van der Waals surface area contributed by atoms with Crippen LogP contribution >= 0.6 is 11.6 Å². The van der Waals surface area contributed by atoms with E-state index in [-0.39, 0.29) is 24.1 Å². The normalized spacial score (nSPS) is 29.5. The van der Waals surface area contributed by atoms with E-state index < -0.39 is 0 Å². The molecule has 34 heavy (non-hydrogen) atoms. The number of fused-ring (bicyclic) bond motifs is 3. The number of benzene rings is 2. The van der Waals surface area contributed by atoms with E-state index in [2.05, 4.69) is 36.1 Å². The number of hydrogen-bond acceptors (Lipinski definition) is 4. The van der Waals surface area contributed by atoms with E-state index in [0.717, 1.165) is 59.7 Å². The Morgan fingerprint density at radius 1 is 1.03 bits per heavy atom. The van der Waals surface area contributed by atoms with Gasteiger partial charge in [-0.25, -0.2) is 0 Å². The maximum Gasteiger partial charge on any atom is 0.309 e. The summed E-state index contributed by atoms with van der Waals surface area (Å²) in [5, 5.41) is 2.95. The third-order valence-corrected chi connectivity index (χ3v) is 8.57. The summed E-state index contributed by atoms with van der Waals surface area (Å²) in [4.78, 5) is 15.1. The zero-order valence-corrected chi connectivity index (χ0v) is 21.5. The number of rotatable bonds is 6. The predicted octanol–water partition coefficient (Wildman–Crippen LogP) is 7.15. The monoisotopic (exact) mass is 483 g/mol. The molecule has 0 radical (unpaired) electrons. The van der Waals surface area contributed by atoms with Gasteiger partial charge in [0, 0.05) is 24.0 Å². The van der Waals surface area contributed by atoms with Gasteiger partial charge >= 0.3 is 5.97 Å². The van der Waals surface area contributed by atoms with Crippen LogP contribution in [0.2, 0.25) is 5.02 Å². The number of halogens is 1. The molecule has 1 aliphatic carbocycles. The van der Waals surface area contributed by atoms with Crippen molar-refractivity contribution in [2.24, 2.45) is 11.8 Å². The lowest BCUT2D eigenvalue weighted by atomic mass is 9.89. The molecule has 2 unspecified atom stereocenters. The number of carbonyl (C=O) groups excluding carboxylic acids is 1. The second-order valence-electron chi connectivity index (χ2n) is 11.1. The minimum atomic E-state index is -0.0407. The average Bonchev–Trinajstić information content (AvgIpc) is 3.03. The van der Waals surface area contributed by atoms with Crippen molar-refractivity contribution in [1.82, 2.24) is 4.90 Å². The molecule has 0 spiro atoms. The lowest BCUT2D eigenvalue weighted by Gasteiger charge is -2.38. The van der Waals surface area contributed by atoms with Crippen molar-refractivity contribution in [2.45, 2.75) is 103 Å². The molecule has 184 valence electrons. The zero-order valence-electron chi connectivity index (χ0n) is 20.8. The highest BCUT2D eigenvalue weighted by atomic mass is 35.5. The molecular formula is C29H38ClNO3. The van der Waals surface area contributed by atoms with Crippen molar-refractivity contribution in [2.75, 3.05) is 0 Å². The standard InChI is InChI=1S/C29H38ClNO3/c1-18(2)33-29(32)22-15-23-9-10-24(16-22)31(23)17-20-6-7-21-8-13-27(28(30)26(21)14-20)34-25-11-4-19(3)5-12-25/h6-8,13-14,18-19,22-25H,4-5,9-12,15-17H2,1-3H3/t19-,22?,23?,24?,25+. The van der Waals surface area contributed by atoms with Gasteiger partial charge in [-0.05, 0) is 94.2 Å². The van der Waals surface area contributed by atoms with Crippen molar-refractivity contribution >= 4 is 28.3 Å². The van der Waals surface area contributed by atoms with Crippen LogP contribution in [0.3, 0.4) is 0 Å². The summed E-state index contributed by atoms with van der Waals surface area (Å²) in [6, 6.07) is 11.7. The number of piperidine rings is 1. The summed E-state index contributed by atoms with van der Waals surface area (Å²) < 4.78 is 11.9. The topological polar surface area (TPSA) is 38.8 Å². The first-order valence-corrected chi connectivity index (χ1v) is 13.6. The van der Waals surface area contributed by atoms with Gasteiger partial charge in [0.2, 0.25) is 0 Å². The van der Waals surface area contributed by atoms with Crippen LogP contribution < -0.4 is 4.74 Å². The van der Waals surface area contributed by atoms with E-state index in [0.29, 0.717) is 12.1 Å². The maximum absolute atomic E-state index is 12.5. The average molecular weight is 484 g/mol. The summed E-state index contributed by atoms with van der Waals surface area (Å²) in [5.41, 5.74) is 1.28. The third-order valence-electron chi connectivity index (χ3n) is 8.18. The Balaban J connectivity index is 1.29. The predicted molar refractivity (Wildman–Crippen MR) is 137 cm³/mol. The SMILES string of the molecule is CC(C)OC(=O)C1CC2CCC(C1)N2Cc1ccc2ccc(O[C@H]3CC[C@@H](C)CC3)c(Cl)c2c1. The minimum Gasteiger partial charge on any atom is -0.489 e. The van der Waals surface area contributed by atoms with Crippen LogP contribution in [0.1, 0.15) is 77.7 Å². The van der Waals surface area contributed by atoms with Gasteiger partial charge in [-0.1, -0.05) is 36.7 Å². The molecule has 2 aliphatic heterocycles. The fraction of sp³-hybridized carbons (Fsp3) is 0.621. The second kappa shape index (κ2) is 10.1. The summed E-state index contributed by atoms with van der Waals surface area (Å²) >= 11 is 6.88. The van der Waals surface area contributed by atoms with E-state index in [4.69, 9.17) is 21.1 Å². The molecule has 2 aromatic carbocycles. The molecular weight excluding hydrogens is 446 g/mol. The molecule has 5 rings (SSSR count). The lowest BCUT2D eigenvalue weighted by Crippen LogP contribution is -2.44. The van der Waals surface area contributed by atoms with Crippen LogP contribution in [0.15, 0.2) is 30.3 Å². The van der Waals surface area contributed by atoms with Gasteiger partial charge in [-0.15, -0.1) is 0 Å². The number of hydrogen-bond donors (Lipinski definition) is 0. The molecule has 0 amide bonds. The molecule has 0 N–H and O–H groups in total. The van der Waals surface area contributed by atoms with Gasteiger partial charge in [-0.3, -0.25) is 9.69 Å². The van der Waals surface area contributed by atoms with Crippen LogP contribution in [-0.2, 0) is 16.1 Å². The highest BCUT2D eigenvalue weighted by molar-refractivity contribution is 6.37. The fourth-order valence-electron chi connectivity index (χ4n) is 6.29. The van der Waals surface area contributed by atoms with Crippen LogP contribution in [0.5, 0.6) is 5.75 Å². The molecule has 2 aromatic rings. The van der Waals surface area contributed by atoms with Crippen molar-refractivity contribution in [3.63, 3.8) is 0 Å². The van der Waals surface area contributed by atoms with E-state index in [1.165, 1.54) is 31.2 Å². The van der Waals surface area contributed by atoms with E-state index in [1.807, 2.05) is 19.9 Å². The van der Waals surface area contributed by atoms with Gasteiger partial charge in [0.05, 0.1) is 23.1 Å². The summed E-state index contributed by atoms with van der Waals surface area (Å²) in [6.07, 6.45) is 9.07. The first-order chi connectivity index (χ1) is 16.4. The van der Waals surface area contributed by atoms with Gasteiger partial charge in [0.15, 0.2) is 0 Å². The molecule has 3 aliphatic rings. The van der Waals surface area contributed by atoms with Crippen molar-refractivity contribution in [1.29, 1.82) is 0 Å². The smallest absolute Gasteiger partial charge is 0.309 e. The molecule has 4 nitrogen and oxygen atoms in total. The third kappa shape index (κ3) is 5.09. The first kappa shape index (κ1) is 23.9. The van der Waals surface area contributed by atoms with E-state index in [9.17, 15) is 4.79 Å². The van der Waals surface area contributed by atoms with Crippen LogP contribution in [0.4, 0.5) is 0 Å². The Labute approximate surface area is 208 Å². The number of nitrogens with zero attached hydrogens (tertiary/aromatic N) is 1. The zero-order chi connectivity index (χ0) is 23.8. The molecule has 2 atom stereocenters. The Morgan fingerprint density at radius 2 is 1.71 bits per heavy atom. The first-order valence-electron chi connectivity index (χ1n) is 13.2. The van der Waals surface area contributed by atoms with Gasteiger partial charge < -0.3 is 9.47 Å². The number of ether oxygens (including phenoxy) is 2. The highest BCUT2D eigenvalue weighted by Gasteiger charge is 2.43. The quantitative estimate of drug-likeness (QED) is 0.409. The minimum absolute atomic E-state index is 0.0102. The van der Waals surface area contributed by atoms with Gasteiger partial charge in [-0.2, -0.15) is 0 Å². The highest BCUT2D eigenvalue weighted by Crippen LogP contribution is 2.41. The van der Waals surface area contributed by atoms with Crippen molar-refractivity contribution in [3.05, 3.63) is 40.9 Å². The van der Waals surface area contributed by atoms with Crippen LogP contribution in [-0.4, -0.2) is 35.2 Å². The van der Waals surface area contributed by atoms with Gasteiger partial charge in [0.1, 0.15) is 5.75 Å². The van der Waals surface area contributed by atoms with Crippen molar-refractivity contribution in [3.8, 4) is 5.75 Å². The fourth-order valence-corrected chi connectivity index (χ4v) is 6.56. The number of carbonyl (C=O) groups is 1. The molecule has 2 heterocycles. The molecule has 1 saturated carbocycles. The Morgan fingerprint density at radius 3 is 2.38 bits per heavy atom. The summed E-state index contributed by atoms with van der Waals surface area (Å²) in [7, 11) is 0. The van der Waals surface area contributed by atoms with Gasteiger partial charge in [0.25, 0.3) is 0 Å². The molecule has 5 heteroatoms. The molecule has 0 aromatic heterocycles. The Bertz CT molecular complexity index is 1020. The summed E-state index contributed by atoms with van der Waals surface area (Å²) in [5.74, 6) is 1.65. The Kier molecular flexibility index (Phi) is 7.09. The second-order valence-corrected chi connectivity index (χ2v) is 11.5. The maximum atomic E-state index is 12.5. The van der Waals surface area contributed by atoms with Crippen molar-refractivity contribution < 1.29 is 14.3 Å².